The van der Waals surface area contributed by atoms with E-state index in [1.807, 2.05) is 54.6 Å². The second-order valence-corrected chi connectivity index (χ2v) is 7.45. The fourth-order valence-electron chi connectivity index (χ4n) is 4.34. The van der Waals surface area contributed by atoms with Gasteiger partial charge >= 0.3 is 0 Å². The third-order valence-corrected chi connectivity index (χ3v) is 5.66. The van der Waals surface area contributed by atoms with Crippen LogP contribution in [0.1, 0.15) is 11.3 Å². The molecule has 0 spiro atoms. The Labute approximate surface area is 178 Å². The predicted molar refractivity (Wildman–Crippen MR) is 117 cm³/mol. The van der Waals surface area contributed by atoms with Crippen LogP contribution in [0.2, 0.25) is 0 Å². The normalized spacial score (nSPS) is 12.3. The molecule has 142 valence electrons. The summed E-state index contributed by atoms with van der Waals surface area (Å²) in [5.74, 6) is 2.98. The molecule has 3 heterocycles. The standard InChI is InChI=1S/C25H12BN3O2/c27-13-15-9-17(14-28)29-20(10-15)16-11-23-25-24(12-16)31-22-8-4-2-6-19(22)26(25)18-5-1-3-7-21(18)30-23/h1-12H. The Balaban J connectivity index is 1.61. The molecule has 6 rings (SSSR count). The van der Waals surface area contributed by atoms with E-state index in [-0.39, 0.29) is 12.4 Å². The molecule has 1 aromatic heterocycles. The lowest BCUT2D eigenvalue weighted by atomic mass is 9.35. The maximum absolute atomic E-state index is 9.35. The molecule has 0 unspecified atom stereocenters. The summed E-state index contributed by atoms with van der Waals surface area (Å²) in [5.41, 5.74) is 4.97. The lowest BCUT2D eigenvalue weighted by molar-refractivity contribution is 0.465. The number of nitriles is 2. The van der Waals surface area contributed by atoms with E-state index in [0.717, 1.165) is 33.5 Å². The summed E-state index contributed by atoms with van der Waals surface area (Å²) in [6.07, 6.45) is 0. The van der Waals surface area contributed by atoms with E-state index >= 15 is 0 Å². The summed E-state index contributed by atoms with van der Waals surface area (Å²) in [6, 6.07) is 27.1. The number of hydrogen-bond acceptors (Lipinski definition) is 5. The number of ether oxygens (including phenoxy) is 2. The summed E-state index contributed by atoms with van der Waals surface area (Å²) >= 11 is 0. The second-order valence-electron chi connectivity index (χ2n) is 7.45. The van der Waals surface area contributed by atoms with Crippen LogP contribution >= 0.6 is 0 Å². The van der Waals surface area contributed by atoms with Crippen molar-refractivity contribution in [3.05, 3.63) is 84.1 Å². The monoisotopic (exact) mass is 397 g/mol. The van der Waals surface area contributed by atoms with E-state index < -0.39 is 0 Å². The Morgan fingerprint density at radius 3 is 1.90 bits per heavy atom. The molecule has 6 heteroatoms. The largest absolute Gasteiger partial charge is 0.458 e. The Bertz CT molecular complexity index is 1380. The van der Waals surface area contributed by atoms with Gasteiger partial charge in [0.15, 0.2) is 0 Å². The molecule has 0 saturated carbocycles. The van der Waals surface area contributed by atoms with Crippen molar-refractivity contribution in [1.82, 2.24) is 4.98 Å². The first kappa shape index (κ1) is 17.3. The van der Waals surface area contributed by atoms with Crippen molar-refractivity contribution in [2.45, 2.75) is 0 Å². The summed E-state index contributed by atoms with van der Waals surface area (Å²) in [4.78, 5) is 4.40. The van der Waals surface area contributed by atoms with Crippen molar-refractivity contribution in [3.8, 4) is 46.4 Å². The Kier molecular flexibility index (Phi) is 3.62. The maximum atomic E-state index is 9.35. The minimum Gasteiger partial charge on any atom is -0.458 e. The molecule has 3 aromatic carbocycles. The Morgan fingerprint density at radius 1 is 0.710 bits per heavy atom. The number of pyridine rings is 1. The molecular formula is C25H12BN3O2. The van der Waals surface area contributed by atoms with Crippen molar-refractivity contribution in [1.29, 1.82) is 10.5 Å². The van der Waals surface area contributed by atoms with Gasteiger partial charge in [-0.1, -0.05) is 36.4 Å². The molecule has 0 amide bonds. The third-order valence-electron chi connectivity index (χ3n) is 5.66. The third kappa shape index (κ3) is 2.60. The van der Waals surface area contributed by atoms with Crippen molar-refractivity contribution >= 4 is 23.1 Å². The van der Waals surface area contributed by atoms with Gasteiger partial charge in [0.1, 0.15) is 34.8 Å². The number of hydrogen-bond donors (Lipinski definition) is 0. The lowest BCUT2D eigenvalue weighted by Gasteiger charge is -2.33. The highest BCUT2D eigenvalue weighted by Crippen LogP contribution is 2.37. The first-order chi connectivity index (χ1) is 15.2. The van der Waals surface area contributed by atoms with Gasteiger partial charge in [0.2, 0.25) is 0 Å². The van der Waals surface area contributed by atoms with Gasteiger partial charge in [0.05, 0.1) is 17.3 Å². The van der Waals surface area contributed by atoms with Crippen LogP contribution in [-0.4, -0.2) is 11.7 Å². The van der Waals surface area contributed by atoms with Gasteiger partial charge in [-0.2, -0.15) is 10.5 Å². The average molecular weight is 397 g/mol. The SMILES string of the molecule is N#Cc1cc(C#N)nc(-c2cc3c4c(c2)Oc2ccccc2B4c2ccccc2O3)c1. The molecule has 2 aliphatic heterocycles. The highest BCUT2D eigenvalue weighted by atomic mass is 16.5. The molecule has 5 nitrogen and oxygen atoms in total. The van der Waals surface area contributed by atoms with Crippen LogP contribution in [-0.2, 0) is 0 Å². The zero-order chi connectivity index (χ0) is 20.9. The molecule has 0 N–H and O–H groups in total. The van der Waals surface area contributed by atoms with Crippen LogP contribution in [0, 0.1) is 22.7 Å². The van der Waals surface area contributed by atoms with Crippen LogP contribution in [0.15, 0.2) is 72.8 Å². The molecule has 0 radical (unpaired) electrons. The molecule has 0 aliphatic carbocycles. The number of para-hydroxylation sites is 2. The van der Waals surface area contributed by atoms with Crippen LogP contribution in [0.4, 0.5) is 0 Å². The number of aromatic nitrogens is 1. The van der Waals surface area contributed by atoms with E-state index in [2.05, 4.69) is 23.2 Å². The van der Waals surface area contributed by atoms with Gasteiger partial charge < -0.3 is 9.47 Å². The van der Waals surface area contributed by atoms with Crippen molar-refractivity contribution < 1.29 is 9.47 Å². The van der Waals surface area contributed by atoms with Crippen molar-refractivity contribution in [3.63, 3.8) is 0 Å². The summed E-state index contributed by atoms with van der Waals surface area (Å²) in [6.45, 7) is 0.00187. The van der Waals surface area contributed by atoms with Crippen LogP contribution in [0.3, 0.4) is 0 Å². The quantitative estimate of drug-likeness (QED) is 0.398. The Morgan fingerprint density at radius 2 is 1.32 bits per heavy atom. The van der Waals surface area contributed by atoms with E-state index in [1.165, 1.54) is 6.07 Å². The number of nitrogens with zero attached hydrogens (tertiary/aromatic N) is 3. The van der Waals surface area contributed by atoms with E-state index in [4.69, 9.17) is 9.47 Å². The molecule has 0 atom stereocenters. The van der Waals surface area contributed by atoms with Crippen LogP contribution in [0.5, 0.6) is 23.0 Å². The molecule has 4 aromatic rings. The fourth-order valence-corrected chi connectivity index (χ4v) is 4.34. The van der Waals surface area contributed by atoms with Gasteiger partial charge in [-0.3, -0.25) is 0 Å². The minimum atomic E-state index is 0.00187. The number of benzene rings is 3. The van der Waals surface area contributed by atoms with Crippen molar-refractivity contribution in [2.75, 3.05) is 0 Å². The van der Waals surface area contributed by atoms with Gasteiger partial charge in [0, 0.05) is 11.0 Å². The summed E-state index contributed by atoms with van der Waals surface area (Å²) < 4.78 is 12.6. The number of fused-ring (bicyclic) bond motifs is 4. The lowest BCUT2D eigenvalue weighted by Crippen LogP contribution is -2.57. The summed E-state index contributed by atoms with van der Waals surface area (Å²) in [7, 11) is 0. The highest BCUT2D eigenvalue weighted by molar-refractivity contribution is 6.98. The van der Waals surface area contributed by atoms with E-state index in [1.54, 1.807) is 6.07 Å². The fraction of sp³-hybridized carbons (Fsp3) is 0. The predicted octanol–water partition coefficient (Wildman–Crippen LogP) is 3.22. The topological polar surface area (TPSA) is 78.9 Å². The molecule has 0 bridgehead atoms. The molecule has 0 saturated heterocycles. The number of rotatable bonds is 1. The maximum Gasteiger partial charge on any atom is 0.260 e. The van der Waals surface area contributed by atoms with E-state index in [0.29, 0.717) is 22.8 Å². The zero-order valence-corrected chi connectivity index (χ0v) is 16.2. The highest BCUT2D eigenvalue weighted by Gasteiger charge is 2.40. The first-order valence-corrected chi connectivity index (χ1v) is 9.79. The molecular weight excluding hydrogens is 385 g/mol. The Hall–Kier alpha value is -4.55. The van der Waals surface area contributed by atoms with Crippen LogP contribution in [0.25, 0.3) is 11.3 Å². The van der Waals surface area contributed by atoms with Crippen LogP contribution < -0.4 is 25.9 Å². The molecule has 0 fully saturated rings. The van der Waals surface area contributed by atoms with Crippen molar-refractivity contribution in [2.24, 2.45) is 0 Å². The average Bonchev–Trinajstić information content (AvgIpc) is 2.83. The second kappa shape index (κ2) is 6.48. The van der Waals surface area contributed by atoms with Gasteiger partial charge in [-0.15, -0.1) is 0 Å². The zero-order valence-electron chi connectivity index (χ0n) is 16.2. The molecule has 2 aliphatic rings. The van der Waals surface area contributed by atoms with Gasteiger partial charge in [-0.25, -0.2) is 4.98 Å². The minimum absolute atomic E-state index is 0.00187. The van der Waals surface area contributed by atoms with Gasteiger partial charge in [-0.05, 0) is 47.3 Å². The van der Waals surface area contributed by atoms with Gasteiger partial charge in [0.25, 0.3) is 6.71 Å². The summed E-state index contributed by atoms with van der Waals surface area (Å²) in [5, 5.41) is 18.7. The first-order valence-electron chi connectivity index (χ1n) is 9.79. The smallest absolute Gasteiger partial charge is 0.260 e. The molecule has 31 heavy (non-hydrogen) atoms. The van der Waals surface area contributed by atoms with E-state index in [9.17, 15) is 10.5 Å².